The summed E-state index contributed by atoms with van der Waals surface area (Å²) in [7, 11) is 0. The van der Waals surface area contributed by atoms with E-state index >= 15 is 0 Å². The van der Waals surface area contributed by atoms with Gasteiger partial charge in [0.15, 0.2) is 0 Å². The molecular formula is C20H28ClN5O3. The lowest BCUT2D eigenvalue weighted by Crippen LogP contribution is -2.41. The molecule has 158 valence electrons. The summed E-state index contributed by atoms with van der Waals surface area (Å²) < 4.78 is 1.34. The SMILES string of the molecule is CCCCn1c(N)c(N(CC)CC(=O)Nc2c(C)cc(C)cc2Cl)c(=O)[nH]c1=O. The largest absolute Gasteiger partial charge is 0.383 e. The van der Waals surface area contributed by atoms with Crippen LogP contribution >= 0.6 is 11.6 Å². The van der Waals surface area contributed by atoms with Crippen LogP contribution in [-0.2, 0) is 11.3 Å². The number of nitrogens with one attached hydrogen (secondary N) is 2. The molecule has 1 aromatic heterocycles. The van der Waals surface area contributed by atoms with Crippen molar-refractivity contribution in [2.75, 3.05) is 29.0 Å². The van der Waals surface area contributed by atoms with Gasteiger partial charge in [0, 0.05) is 13.1 Å². The van der Waals surface area contributed by atoms with E-state index in [1.807, 2.05) is 26.8 Å². The Balaban J connectivity index is 2.32. The summed E-state index contributed by atoms with van der Waals surface area (Å²) in [4.78, 5) is 41.0. The molecule has 0 saturated heterocycles. The molecule has 0 aliphatic carbocycles. The van der Waals surface area contributed by atoms with Crippen LogP contribution in [0.15, 0.2) is 21.7 Å². The fourth-order valence-corrected chi connectivity index (χ4v) is 3.56. The molecule has 0 saturated carbocycles. The number of hydrogen-bond acceptors (Lipinski definition) is 5. The van der Waals surface area contributed by atoms with E-state index in [1.165, 1.54) is 4.57 Å². The third kappa shape index (κ3) is 5.20. The van der Waals surface area contributed by atoms with Crippen LogP contribution in [-0.4, -0.2) is 28.5 Å². The number of halogens is 1. The predicted octanol–water partition coefficient (Wildman–Crippen LogP) is 2.65. The zero-order chi connectivity index (χ0) is 21.7. The Morgan fingerprint density at radius 2 is 1.97 bits per heavy atom. The number of nitrogen functional groups attached to an aromatic ring is 1. The minimum Gasteiger partial charge on any atom is -0.383 e. The summed E-state index contributed by atoms with van der Waals surface area (Å²) >= 11 is 6.26. The number of unbranched alkanes of at least 4 members (excludes halogenated alkanes) is 1. The van der Waals surface area contributed by atoms with Gasteiger partial charge >= 0.3 is 5.69 Å². The van der Waals surface area contributed by atoms with Gasteiger partial charge in [-0.05, 0) is 44.4 Å². The standard InChI is InChI=1S/C20H28ClN5O3/c1-5-7-8-26-18(22)17(19(28)24-20(26)29)25(6-2)11-15(27)23-16-13(4)9-12(3)10-14(16)21/h9-10H,5-8,11,22H2,1-4H3,(H,23,27)(H,24,28,29). The first kappa shape index (κ1) is 22.5. The van der Waals surface area contributed by atoms with Crippen LogP contribution < -0.4 is 27.2 Å². The number of anilines is 3. The number of benzene rings is 1. The van der Waals surface area contributed by atoms with Crippen molar-refractivity contribution < 1.29 is 4.79 Å². The lowest BCUT2D eigenvalue weighted by Gasteiger charge is -2.24. The Morgan fingerprint density at radius 1 is 1.28 bits per heavy atom. The van der Waals surface area contributed by atoms with Gasteiger partial charge in [0.1, 0.15) is 11.5 Å². The molecule has 0 atom stereocenters. The zero-order valence-corrected chi connectivity index (χ0v) is 18.0. The lowest BCUT2D eigenvalue weighted by molar-refractivity contribution is -0.115. The third-order valence-electron chi connectivity index (χ3n) is 4.68. The molecule has 1 heterocycles. The highest BCUT2D eigenvalue weighted by atomic mass is 35.5. The molecule has 29 heavy (non-hydrogen) atoms. The number of likely N-dealkylation sites (N-methyl/N-ethyl adjacent to an activating group) is 1. The van der Waals surface area contributed by atoms with E-state index in [-0.39, 0.29) is 24.0 Å². The van der Waals surface area contributed by atoms with Crippen molar-refractivity contribution in [3.05, 3.63) is 49.1 Å². The number of aromatic amines is 1. The molecule has 8 nitrogen and oxygen atoms in total. The van der Waals surface area contributed by atoms with E-state index in [9.17, 15) is 14.4 Å². The number of H-pyrrole nitrogens is 1. The molecule has 0 bridgehead atoms. The van der Waals surface area contributed by atoms with Gasteiger partial charge in [-0.15, -0.1) is 0 Å². The fourth-order valence-electron chi connectivity index (χ4n) is 3.20. The van der Waals surface area contributed by atoms with E-state index in [4.69, 9.17) is 17.3 Å². The molecule has 0 aliphatic heterocycles. The number of nitrogens with zero attached hydrogens (tertiary/aromatic N) is 2. The van der Waals surface area contributed by atoms with E-state index in [0.717, 1.165) is 24.0 Å². The third-order valence-corrected chi connectivity index (χ3v) is 4.98. The van der Waals surface area contributed by atoms with Gasteiger partial charge in [-0.3, -0.25) is 19.1 Å². The van der Waals surface area contributed by atoms with E-state index in [2.05, 4.69) is 10.3 Å². The van der Waals surface area contributed by atoms with Crippen LogP contribution in [0.4, 0.5) is 17.2 Å². The van der Waals surface area contributed by atoms with Crippen LogP contribution in [0.2, 0.25) is 5.02 Å². The van der Waals surface area contributed by atoms with Crippen molar-refractivity contribution in [3.8, 4) is 0 Å². The molecule has 2 aromatic rings. The van der Waals surface area contributed by atoms with Gasteiger partial charge in [0.2, 0.25) is 5.91 Å². The van der Waals surface area contributed by atoms with Gasteiger partial charge in [0.05, 0.1) is 17.3 Å². The topological polar surface area (TPSA) is 113 Å². The van der Waals surface area contributed by atoms with E-state index < -0.39 is 11.2 Å². The Kier molecular flexibility index (Phi) is 7.50. The average molecular weight is 422 g/mol. The van der Waals surface area contributed by atoms with Crippen LogP contribution in [0.3, 0.4) is 0 Å². The Morgan fingerprint density at radius 3 is 2.55 bits per heavy atom. The maximum atomic E-state index is 12.7. The molecule has 0 aliphatic rings. The smallest absolute Gasteiger partial charge is 0.330 e. The van der Waals surface area contributed by atoms with Crippen molar-refractivity contribution >= 4 is 34.7 Å². The molecular weight excluding hydrogens is 394 g/mol. The number of aryl methyl sites for hydroxylation is 2. The van der Waals surface area contributed by atoms with Crippen molar-refractivity contribution in [1.29, 1.82) is 0 Å². The molecule has 9 heteroatoms. The zero-order valence-electron chi connectivity index (χ0n) is 17.3. The van der Waals surface area contributed by atoms with Crippen molar-refractivity contribution in [3.63, 3.8) is 0 Å². The second kappa shape index (κ2) is 9.65. The summed E-state index contributed by atoms with van der Waals surface area (Å²) in [6.45, 7) is 8.22. The van der Waals surface area contributed by atoms with E-state index in [1.54, 1.807) is 17.9 Å². The van der Waals surface area contributed by atoms with Crippen LogP contribution in [0.5, 0.6) is 0 Å². The highest BCUT2D eigenvalue weighted by molar-refractivity contribution is 6.34. The molecule has 1 amide bonds. The van der Waals surface area contributed by atoms with Gasteiger partial charge in [0.25, 0.3) is 5.56 Å². The summed E-state index contributed by atoms with van der Waals surface area (Å²) in [6, 6.07) is 3.69. The van der Waals surface area contributed by atoms with Crippen molar-refractivity contribution in [2.24, 2.45) is 0 Å². The summed E-state index contributed by atoms with van der Waals surface area (Å²) in [5, 5.41) is 3.25. The monoisotopic (exact) mass is 421 g/mol. The Bertz CT molecular complexity index is 989. The molecule has 0 unspecified atom stereocenters. The number of amides is 1. The first-order valence-corrected chi connectivity index (χ1v) is 10.0. The molecule has 0 fully saturated rings. The summed E-state index contributed by atoms with van der Waals surface area (Å²) in [5.41, 5.74) is 7.47. The minimum atomic E-state index is -0.612. The molecule has 2 rings (SSSR count). The second-order valence-corrected chi connectivity index (χ2v) is 7.41. The molecule has 4 N–H and O–H groups in total. The number of hydrogen-bond donors (Lipinski definition) is 3. The minimum absolute atomic E-state index is 0.0615. The quantitative estimate of drug-likeness (QED) is 0.606. The average Bonchev–Trinajstić information content (AvgIpc) is 2.63. The van der Waals surface area contributed by atoms with Crippen LogP contribution in [0.1, 0.15) is 37.8 Å². The van der Waals surface area contributed by atoms with Crippen molar-refractivity contribution in [1.82, 2.24) is 9.55 Å². The highest BCUT2D eigenvalue weighted by Crippen LogP contribution is 2.27. The lowest BCUT2D eigenvalue weighted by atomic mass is 10.1. The molecule has 0 spiro atoms. The van der Waals surface area contributed by atoms with Gasteiger partial charge in [-0.25, -0.2) is 4.79 Å². The maximum Gasteiger partial charge on any atom is 0.330 e. The molecule has 1 aromatic carbocycles. The van der Waals surface area contributed by atoms with E-state index in [0.29, 0.717) is 23.8 Å². The summed E-state index contributed by atoms with van der Waals surface area (Å²) in [5.74, 6) is -0.280. The fraction of sp³-hybridized carbons (Fsp3) is 0.450. The van der Waals surface area contributed by atoms with Crippen LogP contribution in [0, 0.1) is 13.8 Å². The number of nitrogens with two attached hydrogens (primary N) is 1. The number of carbonyl (C=O) groups is 1. The molecule has 0 radical (unpaired) electrons. The Hall–Kier alpha value is -2.74. The number of rotatable bonds is 8. The van der Waals surface area contributed by atoms with Crippen LogP contribution in [0.25, 0.3) is 0 Å². The number of aromatic nitrogens is 2. The highest BCUT2D eigenvalue weighted by Gasteiger charge is 2.20. The first-order valence-electron chi connectivity index (χ1n) is 9.63. The normalized spacial score (nSPS) is 10.8. The second-order valence-electron chi connectivity index (χ2n) is 7.00. The number of carbonyl (C=O) groups excluding carboxylic acids is 1. The Labute approximate surface area is 174 Å². The van der Waals surface area contributed by atoms with Crippen molar-refractivity contribution in [2.45, 2.75) is 47.1 Å². The summed E-state index contributed by atoms with van der Waals surface area (Å²) in [6.07, 6.45) is 1.62. The van der Waals surface area contributed by atoms with Gasteiger partial charge in [-0.1, -0.05) is 31.0 Å². The van der Waals surface area contributed by atoms with Gasteiger partial charge in [-0.2, -0.15) is 0 Å². The maximum absolute atomic E-state index is 12.7. The van der Waals surface area contributed by atoms with Gasteiger partial charge < -0.3 is 16.0 Å². The first-order chi connectivity index (χ1) is 13.7. The predicted molar refractivity (Wildman–Crippen MR) is 118 cm³/mol.